The Bertz CT molecular complexity index is 743. The van der Waals surface area contributed by atoms with Crippen molar-refractivity contribution < 1.29 is 9.90 Å². The van der Waals surface area contributed by atoms with E-state index in [-0.39, 0.29) is 5.75 Å². The van der Waals surface area contributed by atoms with Crippen LogP contribution in [-0.2, 0) is 4.79 Å². The minimum Gasteiger partial charge on any atom is -0.507 e. The first-order valence-electron chi connectivity index (χ1n) is 6.89. The van der Waals surface area contributed by atoms with E-state index in [9.17, 15) is 9.90 Å². The summed E-state index contributed by atoms with van der Waals surface area (Å²) >= 11 is 0. The van der Waals surface area contributed by atoms with E-state index in [1.54, 1.807) is 36.7 Å². The van der Waals surface area contributed by atoms with Gasteiger partial charge in [0.15, 0.2) is 6.29 Å². The fourth-order valence-corrected chi connectivity index (χ4v) is 2.10. The number of rotatable bonds is 5. The van der Waals surface area contributed by atoms with E-state index < -0.39 is 0 Å². The molecule has 0 aliphatic rings. The molecule has 22 heavy (non-hydrogen) atoms. The maximum atomic E-state index is 11.3. The molecule has 0 bridgehead atoms. The Labute approximate surface area is 130 Å². The molecule has 2 rings (SSSR count). The van der Waals surface area contributed by atoms with E-state index in [4.69, 9.17) is 0 Å². The van der Waals surface area contributed by atoms with Crippen LogP contribution in [0.25, 0.3) is 16.7 Å². The number of aldehydes is 1. The number of phenolic OH excluding ortho intramolecular Hbond substituents is 1. The SMILES string of the molecule is C=CC(/C=C(\C=O)c1ccc(-c2cccnc2)cc1O)=C\C. The van der Waals surface area contributed by atoms with E-state index in [2.05, 4.69) is 11.6 Å². The summed E-state index contributed by atoms with van der Waals surface area (Å²) in [4.78, 5) is 15.4. The number of hydrogen-bond acceptors (Lipinski definition) is 3. The van der Waals surface area contributed by atoms with Crippen LogP contribution in [0.15, 0.2) is 73.1 Å². The fraction of sp³-hybridized carbons (Fsp3) is 0.0526. The molecule has 3 heteroatoms. The monoisotopic (exact) mass is 291 g/mol. The van der Waals surface area contributed by atoms with E-state index in [0.717, 1.165) is 23.0 Å². The first-order chi connectivity index (χ1) is 10.7. The molecule has 0 fully saturated rings. The number of hydrogen-bond donors (Lipinski definition) is 1. The molecule has 0 aliphatic carbocycles. The Morgan fingerprint density at radius 1 is 1.27 bits per heavy atom. The van der Waals surface area contributed by atoms with Gasteiger partial charge in [-0.05, 0) is 42.3 Å². The zero-order chi connectivity index (χ0) is 15.9. The van der Waals surface area contributed by atoms with Crippen LogP contribution in [0, 0.1) is 0 Å². The number of benzene rings is 1. The van der Waals surface area contributed by atoms with Crippen molar-refractivity contribution >= 4 is 11.9 Å². The normalized spacial score (nSPS) is 12.0. The van der Waals surface area contributed by atoms with Crippen LogP contribution in [-0.4, -0.2) is 16.4 Å². The summed E-state index contributed by atoms with van der Waals surface area (Å²) in [5, 5.41) is 10.2. The number of phenols is 1. The van der Waals surface area contributed by atoms with Crippen molar-refractivity contribution in [3.63, 3.8) is 0 Å². The second-order valence-corrected chi connectivity index (χ2v) is 4.68. The van der Waals surface area contributed by atoms with E-state index >= 15 is 0 Å². The average Bonchev–Trinajstić information content (AvgIpc) is 2.57. The average molecular weight is 291 g/mol. The van der Waals surface area contributed by atoms with Crippen molar-refractivity contribution in [1.82, 2.24) is 4.98 Å². The van der Waals surface area contributed by atoms with Crippen molar-refractivity contribution in [2.45, 2.75) is 6.92 Å². The van der Waals surface area contributed by atoms with Crippen LogP contribution in [0.2, 0.25) is 0 Å². The van der Waals surface area contributed by atoms with Crippen LogP contribution < -0.4 is 0 Å². The molecule has 110 valence electrons. The van der Waals surface area contributed by atoms with E-state index in [1.807, 2.05) is 31.2 Å². The summed E-state index contributed by atoms with van der Waals surface area (Å²) in [6, 6.07) is 8.96. The molecule has 2 aromatic rings. The van der Waals surface area contributed by atoms with Crippen molar-refractivity contribution in [3.8, 4) is 16.9 Å². The van der Waals surface area contributed by atoms with Gasteiger partial charge in [0.2, 0.25) is 0 Å². The van der Waals surface area contributed by atoms with Crippen LogP contribution in [0.3, 0.4) is 0 Å². The van der Waals surface area contributed by atoms with Gasteiger partial charge < -0.3 is 5.11 Å². The van der Waals surface area contributed by atoms with Crippen LogP contribution in [0.5, 0.6) is 5.75 Å². The minimum atomic E-state index is 0.0548. The van der Waals surface area contributed by atoms with Gasteiger partial charge in [-0.3, -0.25) is 9.78 Å². The fourth-order valence-electron chi connectivity index (χ4n) is 2.10. The molecule has 3 nitrogen and oxygen atoms in total. The molecule has 0 unspecified atom stereocenters. The summed E-state index contributed by atoms with van der Waals surface area (Å²) in [5.74, 6) is 0.0548. The highest BCUT2D eigenvalue weighted by Crippen LogP contribution is 2.30. The topological polar surface area (TPSA) is 50.2 Å². The Morgan fingerprint density at radius 2 is 2.09 bits per heavy atom. The van der Waals surface area contributed by atoms with Gasteiger partial charge in [0.1, 0.15) is 5.75 Å². The molecule has 1 heterocycles. The molecule has 0 radical (unpaired) electrons. The quantitative estimate of drug-likeness (QED) is 0.511. The van der Waals surface area contributed by atoms with Crippen molar-refractivity contribution in [1.29, 1.82) is 0 Å². The molecular weight excluding hydrogens is 274 g/mol. The van der Waals surface area contributed by atoms with Crippen LogP contribution in [0.4, 0.5) is 0 Å². The number of carbonyl (C=O) groups is 1. The smallest absolute Gasteiger partial charge is 0.150 e. The van der Waals surface area contributed by atoms with Gasteiger partial charge >= 0.3 is 0 Å². The van der Waals surface area contributed by atoms with E-state index in [1.165, 1.54) is 0 Å². The molecule has 0 aliphatic heterocycles. The van der Waals surface area contributed by atoms with Crippen molar-refractivity contribution in [2.24, 2.45) is 0 Å². The predicted molar refractivity (Wildman–Crippen MR) is 89.3 cm³/mol. The number of pyridine rings is 1. The summed E-state index contributed by atoms with van der Waals surface area (Å²) in [5.41, 5.74) is 3.46. The van der Waals surface area contributed by atoms with Crippen molar-refractivity contribution in [3.05, 3.63) is 78.7 Å². The Balaban J connectivity index is 2.45. The number of allylic oxidation sites excluding steroid dienone is 5. The highest BCUT2D eigenvalue weighted by Gasteiger charge is 2.09. The predicted octanol–water partition coefficient (Wildman–Crippen LogP) is 4.17. The largest absolute Gasteiger partial charge is 0.507 e. The lowest BCUT2D eigenvalue weighted by molar-refractivity contribution is -0.103. The lowest BCUT2D eigenvalue weighted by Crippen LogP contribution is -1.89. The van der Waals surface area contributed by atoms with Gasteiger partial charge in [0.05, 0.1) is 0 Å². The van der Waals surface area contributed by atoms with Gasteiger partial charge in [0.25, 0.3) is 0 Å². The number of aromatic nitrogens is 1. The third-order valence-corrected chi connectivity index (χ3v) is 3.32. The van der Waals surface area contributed by atoms with Gasteiger partial charge in [-0.1, -0.05) is 30.9 Å². The zero-order valence-electron chi connectivity index (χ0n) is 12.4. The molecule has 1 aromatic carbocycles. The molecule has 1 aromatic heterocycles. The highest BCUT2D eigenvalue weighted by molar-refractivity contribution is 6.09. The lowest BCUT2D eigenvalue weighted by atomic mass is 9.99. The van der Waals surface area contributed by atoms with Crippen molar-refractivity contribution in [2.75, 3.05) is 0 Å². The third-order valence-electron chi connectivity index (χ3n) is 3.32. The summed E-state index contributed by atoms with van der Waals surface area (Å²) in [6.07, 6.45) is 9.34. The zero-order valence-corrected chi connectivity index (χ0v) is 12.4. The molecule has 0 amide bonds. The van der Waals surface area contributed by atoms with Gasteiger partial charge in [-0.2, -0.15) is 0 Å². The molecule has 1 N–H and O–H groups in total. The Morgan fingerprint density at radius 3 is 2.64 bits per heavy atom. The van der Waals surface area contributed by atoms with Crippen LogP contribution in [0.1, 0.15) is 12.5 Å². The molecule has 0 saturated carbocycles. The summed E-state index contributed by atoms with van der Waals surface area (Å²) in [7, 11) is 0. The maximum Gasteiger partial charge on any atom is 0.150 e. The molecular formula is C19H17NO2. The second kappa shape index (κ2) is 7.18. The summed E-state index contributed by atoms with van der Waals surface area (Å²) < 4.78 is 0. The standard InChI is InChI=1S/C19H17NO2/c1-3-14(4-2)10-17(13-21)18-8-7-15(11-19(18)22)16-6-5-9-20-12-16/h3-13,22H,1H2,2H3/b14-4+,17-10+. The second-order valence-electron chi connectivity index (χ2n) is 4.68. The minimum absolute atomic E-state index is 0.0548. The summed E-state index contributed by atoms with van der Waals surface area (Å²) in [6.45, 7) is 5.55. The molecule has 0 spiro atoms. The molecule has 0 saturated heterocycles. The van der Waals surface area contributed by atoms with E-state index in [0.29, 0.717) is 11.1 Å². The van der Waals surface area contributed by atoms with Crippen LogP contribution >= 0.6 is 0 Å². The lowest BCUT2D eigenvalue weighted by Gasteiger charge is -2.08. The number of carbonyl (C=O) groups excluding carboxylic acids is 1. The first-order valence-corrected chi connectivity index (χ1v) is 6.89. The highest BCUT2D eigenvalue weighted by atomic mass is 16.3. The van der Waals surface area contributed by atoms with Gasteiger partial charge in [-0.15, -0.1) is 0 Å². The van der Waals surface area contributed by atoms with Gasteiger partial charge in [-0.25, -0.2) is 0 Å². The first kappa shape index (κ1) is 15.4. The third kappa shape index (κ3) is 3.38. The Hall–Kier alpha value is -2.94. The number of aromatic hydroxyl groups is 1. The Kier molecular flexibility index (Phi) is 5.04. The maximum absolute atomic E-state index is 11.3. The number of nitrogens with zero attached hydrogens (tertiary/aromatic N) is 1. The van der Waals surface area contributed by atoms with Gasteiger partial charge in [0, 0.05) is 29.1 Å². The molecule has 0 atom stereocenters.